The fourth-order valence-electron chi connectivity index (χ4n) is 7.72. The average molecular weight is 572 g/mol. The molecule has 4 aliphatic rings. The Morgan fingerprint density at radius 2 is 2.00 bits per heavy atom. The predicted octanol–water partition coefficient (Wildman–Crippen LogP) is 4.60. The number of amides is 2. The molecule has 2 unspecified atom stereocenters. The van der Waals surface area contributed by atoms with Gasteiger partial charge in [0.2, 0.25) is 5.91 Å². The van der Waals surface area contributed by atoms with Gasteiger partial charge < -0.3 is 19.3 Å². The molecule has 0 spiro atoms. The largest absolute Gasteiger partial charge is 0.417 e. The third kappa shape index (κ3) is 5.36. The Balaban J connectivity index is 1.25. The molecule has 3 aliphatic heterocycles. The van der Waals surface area contributed by atoms with Crippen LogP contribution in [0.1, 0.15) is 52.9 Å². The van der Waals surface area contributed by atoms with Crippen LogP contribution < -0.4 is 0 Å². The highest BCUT2D eigenvalue weighted by molar-refractivity contribution is 5.95. The molecule has 10 heteroatoms. The van der Waals surface area contributed by atoms with Crippen LogP contribution in [0, 0.1) is 23.2 Å². The fraction of sp³-hybridized carbons (Fsp3) is 0.581. The second-order valence-electron chi connectivity index (χ2n) is 12.1. The van der Waals surface area contributed by atoms with E-state index in [1.165, 1.54) is 0 Å². The lowest BCUT2D eigenvalue weighted by molar-refractivity contribution is -0.144. The van der Waals surface area contributed by atoms with Crippen molar-refractivity contribution in [1.82, 2.24) is 14.8 Å². The third-order valence-corrected chi connectivity index (χ3v) is 9.73. The highest BCUT2D eigenvalue weighted by atomic mass is 19.4. The molecule has 2 saturated heterocycles. The highest BCUT2D eigenvalue weighted by Gasteiger charge is 2.59. The van der Waals surface area contributed by atoms with Crippen molar-refractivity contribution in [1.29, 1.82) is 0 Å². The van der Waals surface area contributed by atoms with Gasteiger partial charge in [-0.25, -0.2) is 0 Å². The highest BCUT2D eigenvalue weighted by Crippen LogP contribution is 2.55. The summed E-state index contributed by atoms with van der Waals surface area (Å²) in [6, 6.07) is 10.2. The Hall–Kier alpha value is -2.98. The first-order chi connectivity index (χ1) is 19.7. The van der Waals surface area contributed by atoms with E-state index in [0.717, 1.165) is 31.5 Å². The van der Waals surface area contributed by atoms with E-state index in [4.69, 9.17) is 9.47 Å². The van der Waals surface area contributed by atoms with Crippen molar-refractivity contribution in [2.75, 3.05) is 40.0 Å². The molecule has 2 aromatic rings. The summed E-state index contributed by atoms with van der Waals surface area (Å²) in [5.74, 6) is 0.506. The van der Waals surface area contributed by atoms with Crippen LogP contribution in [0.3, 0.4) is 0 Å². The first kappa shape index (κ1) is 28.2. The summed E-state index contributed by atoms with van der Waals surface area (Å²) in [5.41, 5.74) is 0.0942. The normalized spacial score (nSPS) is 29.8. The number of hydrogen-bond donors (Lipinski definition) is 0. The zero-order valence-corrected chi connectivity index (χ0v) is 23.2. The number of hydrogen-bond acceptors (Lipinski definition) is 5. The molecular weight excluding hydrogens is 535 g/mol. The van der Waals surface area contributed by atoms with Crippen LogP contribution in [0.4, 0.5) is 13.2 Å². The zero-order valence-electron chi connectivity index (χ0n) is 23.2. The van der Waals surface area contributed by atoms with Crippen molar-refractivity contribution < 1.29 is 32.2 Å². The lowest BCUT2D eigenvalue weighted by Gasteiger charge is -2.37. The summed E-state index contributed by atoms with van der Waals surface area (Å²) in [4.78, 5) is 35.5. The zero-order chi connectivity index (χ0) is 28.8. The molecule has 6 rings (SSSR count). The van der Waals surface area contributed by atoms with Gasteiger partial charge >= 0.3 is 6.18 Å². The predicted molar refractivity (Wildman–Crippen MR) is 144 cm³/mol. The van der Waals surface area contributed by atoms with Gasteiger partial charge in [-0.2, -0.15) is 13.2 Å². The number of carbonyl (C=O) groups excluding carboxylic acids is 2. The molecule has 4 heterocycles. The number of aromatic nitrogens is 1. The van der Waals surface area contributed by atoms with Crippen molar-refractivity contribution >= 4 is 11.8 Å². The Labute approximate surface area is 238 Å². The van der Waals surface area contributed by atoms with Gasteiger partial charge in [0.05, 0.1) is 23.7 Å². The monoisotopic (exact) mass is 571 g/mol. The Kier molecular flexibility index (Phi) is 7.57. The van der Waals surface area contributed by atoms with E-state index in [1.54, 1.807) is 24.1 Å². The maximum Gasteiger partial charge on any atom is 0.417 e. The SMILES string of the molecule is COC1COCCC1C[C@@H]1C[C@H]2CN(C(=O)c3ccccc3)C[C@@]2(C(=O)N2CCc3ncc(C(F)(F)F)cc3C2)C1. The topological polar surface area (TPSA) is 72.0 Å². The smallest absolute Gasteiger partial charge is 0.379 e. The van der Waals surface area contributed by atoms with Crippen molar-refractivity contribution in [2.24, 2.45) is 23.2 Å². The van der Waals surface area contributed by atoms with Crippen LogP contribution in [-0.2, 0) is 33.4 Å². The summed E-state index contributed by atoms with van der Waals surface area (Å²) < 4.78 is 51.5. The van der Waals surface area contributed by atoms with E-state index in [0.29, 0.717) is 74.3 Å². The number of nitrogens with zero attached hydrogens (tertiary/aromatic N) is 3. The summed E-state index contributed by atoms with van der Waals surface area (Å²) in [7, 11) is 1.71. The van der Waals surface area contributed by atoms with Crippen LogP contribution in [0.25, 0.3) is 0 Å². The van der Waals surface area contributed by atoms with Crippen molar-refractivity contribution in [3.63, 3.8) is 0 Å². The van der Waals surface area contributed by atoms with Gasteiger partial charge in [0.25, 0.3) is 5.91 Å². The number of benzene rings is 1. The van der Waals surface area contributed by atoms with Crippen molar-refractivity contribution in [3.8, 4) is 0 Å². The summed E-state index contributed by atoms with van der Waals surface area (Å²) in [6.45, 7) is 2.60. The molecule has 5 atom stereocenters. The lowest BCUT2D eigenvalue weighted by atomic mass is 9.78. The van der Waals surface area contributed by atoms with Gasteiger partial charge in [0.1, 0.15) is 0 Å². The van der Waals surface area contributed by atoms with E-state index in [-0.39, 0.29) is 30.4 Å². The number of pyridine rings is 1. The summed E-state index contributed by atoms with van der Waals surface area (Å²) in [5, 5.41) is 0. The number of carbonyl (C=O) groups is 2. The quantitative estimate of drug-likeness (QED) is 0.525. The second kappa shape index (κ2) is 11.0. The van der Waals surface area contributed by atoms with E-state index >= 15 is 0 Å². The molecule has 0 radical (unpaired) electrons. The molecule has 7 nitrogen and oxygen atoms in total. The Morgan fingerprint density at radius 3 is 2.76 bits per heavy atom. The molecule has 41 heavy (non-hydrogen) atoms. The van der Waals surface area contributed by atoms with E-state index in [9.17, 15) is 22.8 Å². The van der Waals surface area contributed by atoms with Gasteiger partial charge in [0.15, 0.2) is 0 Å². The van der Waals surface area contributed by atoms with E-state index in [1.807, 2.05) is 23.1 Å². The van der Waals surface area contributed by atoms with Gasteiger partial charge in [-0.1, -0.05) is 18.2 Å². The van der Waals surface area contributed by atoms with Crippen molar-refractivity contribution in [2.45, 2.75) is 50.9 Å². The minimum atomic E-state index is -4.50. The molecule has 1 aliphatic carbocycles. The van der Waals surface area contributed by atoms with Gasteiger partial charge in [-0.3, -0.25) is 14.6 Å². The number of methoxy groups -OCH3 is 1. The van der Waals surface area contributed by atoms with Gasteiger partial charge in [-0.15, -0.1) is 0 Å². The fourth-order valence-corrected chi connectivity index (χ4v) is 7.72. The number of ether oxygens (including phenoxy) is 2. The maximum absolute atomic E-state index is 14.5. The lowest BCUT2D eigenvalue weighted by Crippen LogP contribution is -2.49. The number of fused-ring (bicyclic) bond motifs is 2. The molecule has 0 N–H and O–H groups in total. The number of alkyl halides is 3. The molecule has 1 aromatic carbocycles. The molecule has 2 amide bonds. The minimum absolute atomic E-state index is 0.00507. The molecule has 220 valence electrons. The molecule has 1 saturated carbocycles. The first-order valence-electron chi connectivity index (χ1n) is 14.5. The van der Waals surface area contributed by atoms with Gasteiger partial charge in [-0.05, 0) is 67.2 Å². The molecule has 1 aromatic heterocycles. The second-order valence-corrected chi connectivity index (χ2v) is 12.1. The van der Waals surface area contributed by atoms with E-state index < -0.39 is 17.2 Å². The molecule has 3 fully saturated rings. The summed E-state index contributed by atoms with van der Waals surface area (Å²) in [6.07, 6.45) is 0.160. The van der Waals surface area contributed by atoms with Crippen LogP contribution in [0.5, 0.6) is 0 Å². The van der Waals surface area contributed by atoms with Crippen LogP contribution in [0.15, 0.2) is 42.6 Å². The Morgan fingerprint density at radius 1 is 1.20 bits per heavy atom. The van der Waals surface area contributed by atoms with Crippen molar-refractivity contribution in [3.05, 3.63) is 65.0 Å². The average Bonchev–Trinajstić information content (AvgIpc) is 3.51. The first-order valence-corrected chi connectivity index (χ1v) is 14.5. The number of rotatable bonds is 5. The number of halogens is 3. The van der Waals surface area contributed by atoms with E-state index in [2.05, 4.69) is 4.98 Å². The molecular formula is C31H36F3N3O4. The van der Waals surface area contributed by atoms with Crippen LogP contribution >= 0.6 is 0 Å². The third-order valence-electron chi connectivity index (χ3n) is 9.73. The maximum atomic E-state index is 14.5. The summed E-state index contributed by atoms with van der Waals surface area (Å²) >= 11 is 0. The Bertz CT molecular complexity index is 1290. The standard InChI is InChI=1S/C31H36F3N3O4/c1-40-27-18-41-10-8-22(27)11-20-12-25-17-37(28(38)21-5-3-2-4-6-21)19-30(25,14-20)29(39)36-9-7-26-23(16-36)13-24(15-35-26)31(32,33)34/h2-6,13,15,20,22,25,27H,7-12,14,16-19H2,1H3/t20-,22?,25+,27?,30+/m1/s1. The van der Waals surface area contributed by atoms with Crippen LogP contribution in [-0.4, -0.2) is 72.7 Å². The minimum Gasteiger partial charge on any atom is -0.379 e. The molecule has 0 bridgehead atoms. The van der Waals surface area contributed by atoms with Gasteiger partial charge in [0, 0.05) is 63.8 Å². The van der Waals surface area contributed by atoms with Crippen LogP contribution in [0.2, 0.25) is 0 Å². The number of likely N-dealkylation sites (tertiary alicyclic amines) is 1.